The van der Waals surface area contributed by atoms with Crippen LogP contribution in [0.4, 0.5) is 0 Å². The molecule has 12 heavy (non-hydrogen) atoms. The molecule has 66 valence electrons. The van der Waals surface area contributed by atoms with Crippen LogP contribution in [0.15, 0.2) is 30.6 Å². The van der Waals surface area contributed by atoms with Crippen molar-refractivity contribution in [2.75, 3.05) is 0 Å². The number of rotatable bonds is 1. The summed E-state index contributed by atoms with van der Waals surface area (Å²) in [7, 11) is 0. The van der Waals surface area contributed by atoms with E-state index >= 15 is 0 Å². The SMILES string of the molecule is CC[n+]1ccccc1.NC(N)=S. The molecule has 4 heteroatoms. The second-order valence-corrected chi connectivity index (χ2v) is 2.58. The number of hydrogen-bond acceptors (Lipinski definition) is 1. The molecule has 0 aliphatic heterocycles. The Labute approximate surface area is 78.0 Å². The molecule has 0 bridgehead atoms. The highest BCUT2D eigenvalue weighted by Gasteiger charge is 1.86. The number of hydrogen-bond donors (Lipinski definition) is 2. The van der Waals surface area contributed by atoms with Gasteiger partial charge in [0, 0.05) is 12.1 Å². The summed E-state index contributed by atoms with van der Waals surface area (Å²) in [5.41, 5.74) is 9.24. The standard InChI is InChI=1S/C7H10N.CH4N2S/c1-2-8-6-4-3-5-7-8;2-1(3)4/h3-7H,2H2,1H3;(H4,2,3,4)/q+1;. The summed E-state index contributed by atoms with van der Waals surface area (Å²) in [6.45, 7) is 3.18. The summed E-state index contributed by atoms with van der Waals surface area (Å²) in [6, 6.07) is 6.08. The Bertz CT molecular complexity index is 219. The van der Waals surface area contributed by atoms with E-state index in [0.29, 0.717) is 0 Å². The van der Waals surface area contributed by atoms with E-state index in [9.17, 15) is 0 Å². The van der Waals surface area contributed by atoms with E-state index in [0.717, 1.165) is 6.54 Å². The summed E-state index contributed by atoms with van der Waals surface area (Å²) in [4.78, 5) is 0. The van der Waals surface area contributed by atoms with Gasteiger partial charge in [-0.2, -0.15) is 0 Å². The highest BCUT2D eigenvalue weighted by atomic mass is 32.1. The summed E-state index contributed by atoms with van der Waals surface area (Å²) < 4.78 is 2.12. The molecular formula is C8H14N3S+. The minimum absolute atomic E-state index is 0.000000000000000222. The fourth-order valence-corrected chi connectivity index (χ4v) is 0.645. The van der Waals surface area contributed by atoms with Crippen LogP contribution in [0.25, 0.3) is 0 Å². The number of aromatic nitrogens is 1. The molecule has 0 radical (unpaired) electrons. The molecule has 1 rings (SSSR count). The Morgan fingerprint density at radius 1 is 1.25 bits per heavy atom. The minimum Gasteiger partial charge on any atom is -0.377 e. The molecule has 0 fully saturated rings. The lowest BCUT2D eigenvalue weighted by Gasteiger charge is -1.84. The summed E-state index contributed by atoms with van der Waals surface area (Å²) in [5.74, 6) is 0. The largest absolute Gasteiger partial charge is 0.377 e. The molecule has 1 aromatic rings. The lowest BCUT2D eigenvalue weighted by Crippen LogP contribution is -2.30. The number of nitrogens with zero attached hydrogens (tertiary/aromatic N) is 1. The monoisotopic (exact) mass is 184 g/mol. The molecule has 1 aromatic heterocycles. The van der Waals surface area contributed by atoms with Gasteiger partial charge in [0.15, 0.2) is 17.5 Å². The highest BCUT2D eigenvalue weighted by Crippen LogP contribution is 1.74. The van der Waals surface area contributed by atoms with Crippen LogP contribution >= 0.6 is 12.2 Å². The Hall–Kier alpha value is -1.16. The normalized spacial score (nSPS) is 8.08. The van der Waals surface area contributed by atoms with Crippen LogP contribution in [0, 0.1) is 0 Å². The summed E-state index contributed by atoms with van der Waals surface area (Å²) in [5, 5.41) is 0.000000000000000222. The van der Waals surface area contributed by atoms with Gasteiger partial charge in [-0.05, 0) is 19.1 Å². The first-order chi connectivity index (χ1) is 5.66. The predicted molar refractivity (Wildman–Crippen MR) is 53.3 cm³/mol. The molecule has 0 saturated heterocycles. The smallest absolute Gasteiger partial charge is 0.168 e. The van der Waals surface area contributed by atoms with Crippen molar-refractivity contribution in [2.24, 2.45) is 11.5 Å². The van der Waals surface area contributed by atoms with Gasteiger partial charge in [-0.25, -0.2) is 4.57 Å². The van der Waals surface area contributed by atoms with E-state index in [-0.39, 0.29) is 5.11 Å². The predicted octanol–water partition coefficient (Wildman–Crippen LogP) is 0.183. The fraction of sp³-hybridized carbons (Fsp3) is 0.250. The van der Waals surface area contributed by atoms with Crippen LogP contribution in [-0.4, -0.2) is 5.11 Å². The molecule has 0 atom stereocenters. The van der Waals surface area contributed by atoms with E-state index < -0.39 is 0 Å². The Kier molecular flexibility index (Phi) is 5.91. The van der Waals surface area contributed by atoms with Gasteiger partial charge < -0.3 is 11.5 Å². The lowest BCUT2D eigenvalue weighted by atomic mass is 10.5. The van der Waals surface area contributed by atoms with E-state index in [1.807, 2.05) is 18.2 Å². The molecule has 0 aliphatic carbocycles. The van der Waals surface area contributed by atoms with Crippen LogP contribution in [0.1, 0.15) is 6.92 Å². The molecule has 0 aliphatic rings. The van der Waals surface area contributed by atoms with Gasteiger partial charge in [0.25, 0.3) is 0 Å². The van der Waals surface area contributed by atoms with Gasteiger partial charge in [-0.15, -0.1) is 0 Å². The molecule has 0 spiro atoms. The topological polar surface area (TPSA) is 55.9 Å². The maximum absolute atomic E-state index is 4.62. The number of nitrogens with two attached hydrogens (primary N) is 2. The zero-order valence-electron chi connectivity index (χ0n) is 7.10. The minimum atomic E-state index is 0.000000000000000222. The van der Waals surface area contributed by atoms with Crippen LogP contribution in [-0.2, 0) is 6.54 Å². The van der Waals surface area contributed by atoms with Crippen molar-refractivity contribution in [2.45, 2.75) is 13.5 Å². The van der Waals surface area contributed by atoms with Gasteiger partial charge in [0.1, 0.15) is 6.54 Å². The highest BCUT2D eigenvalue weighted by molar-refractivity contribution is 7.80. The maximum Gasteiger partial charge on any atom is 0.168 e. The Morgan fingerprint density at radius 3 is 1.92 bits per heavy atom. The number of thiocarbonyl (C=S) groups is 1. The number of aryl methyl sites for hydroxylation is 1. The third-order valence-corrected chi connectivity index (χ3v) is 1.14. The molecular weight excluding hydrogens is 170 g/mol. The van der Waals surface area contributed by atoms with E-state index in [2.05, 4.69) is 47.6 Å². The quantitative estimate of drug-likeness (QED) is 0.483. The molecule has 1 heterocycles. The van der Waals surface area contributed by atoms with Crippen molar-refractivity contribution < 1.29 is 4.57 Å². The molecule has 0 aromatic carbocycles. The summed E-state index contributed by atoms with van der Waals surface area (Å²) >= 11 is 4.09. The first-order valence-electron chi connectivity index (χ1n) is 3.65. The van der Waals surface area contributed by atoms with Crippen molar-refractivity contribution in [1.82, 2.24) is 0 Å². The second-order valence-electron chi connectivity index (χ2n) is 2.11. The first kappa shape index (κ1) is 10.8. The Balaban J connectivity index is 0.000000261. The van der Waals surface area contributed by atoms with Gasteiger partial charge in [-0.3, -0.25) is 0 Å². The van der Waals surface area contributed by atoms with Crippen LogP contribution in [0.5, 0.6) is 0 Å². The van der Waals surface area contributed by atoms with Crippen molar-refractivity contribution in [1.29, 1.82) is 0 Å². The zero-order valence-corrected chi connectivity index (χ0v) is 7.92. The van der Waals surface area contributed by atoms with E-state index in [1.54, 1.807) is 0 Å². The molecule has 0 unspecified atom stereocenters. The Morgan fingerprint density at radius 2 is 1.67 bits per heavy atom. The first-order valence-corrected chi connectivity index (χ1v) is 4.06. The third kappa shape index (κ3) is 6.95. The fourth-order valence-electron chi connectivity index (χ4n) is 0.645. The summed E-state index contributed by atoms with van der Waals surface area (Å²) in [6.07, 6.45) is 4.11. The van der Waals surface area contributed by atoms with Crippen LogP contribution < -0.4 is 16.0 Å². The van der Waals surface area contributed by atoms with Gasteiger partial charge in [0.05, 0.1) is 0 Å². The van der Waals surface area contributed by atoms with Gasteiger partial charge in [0.2, 0.25) is 0 Å². The maximum atomic E-state index is 4.62. The van der Waals surface area contributed by atoms with Gasteiger partial charge >= 0.3 is 0 Å². The lowest BCUT2D eigenvalue weighted by molar-refractivity contribution is -0.693. The average Bonchev–Trinajstić information content (AvgIpc) is 2.05. The van der Waals surface area contributed by atoms with Crippen molar-refractivity contribution in [3.8, 4) is 0 Å². The molecule has 0 amide bonds. The molecule has 3 nitrogen and oxygen atoms in total. The van der Waals surface area contributed by atoms with Gasteiger partial charge in [-0.1, -0.05) is 6.07 Å². The van der Waals surface area contributed by atoms with E-state index in [4.69, 9.17) is 0 Å². The van der Waals surface area contributed by atoms with E-state index in [1.165, 1.54) is 0 Å². The molecule has 4 N–H and O–H groups in total. The van der Waals surface area contributed by atoms with Crippen molar-refractivity contribution in [3.05, 3.63) is 30.6 Å². The average molecular weight is 184 g/mol. The number of pyridine rings is 1. The zero-order chi connectivity index (χ0) is 9.40. The van der Waals surface area contributed by atoms with Crippen LogP contribution in [0.2, 0.25) is 0 Å². The van der Waals surface area contributed by atoms with Crippen LogP contribution in [0.3, 0.4) is 0 Å². The second kappa shape index (κ2) is 6.54. The third-order valence-electron chi connectivity index (χ3n) is 1.14. The van der Waals surface area contributed by atoms with Crippen molar-refractivity contribution >= 4 is 17.3 Å². The molecule has 0 saturated carbocycles. The van der Waals surface area contributed by atoms with Crippen molar-refractivity contribution in [3.63, 3.8) is 0 Å².